The van der Waals surface area contributed by atoms with Crippen molar-refractivity contribution in [1.29, 1.82) is 0 Å². The van der Waals surface area contributed by atoms with E-state index in [1.807, 2.05) is 0 Å². The van der Waals surface area contributed by atoms with Crippen LogP contribution in [0, 0.1) is 0 Å². The molecule has 3 amide bonds. The van der Waals surface area contributed by atoms with Gasteiger partial charge in [-0.3, -0.25) is 14.4 Å². The van der Waals surface area contributed by atoms with E-state index in [1.165, 1.54) is 6.07 Å². The number of hydroxylamine groups is 2. The highest BCUT2D eigenvalue weighted by atomic mass is 16.7. The quantitative estimate of drug-likeness (QED) is 0.812. The van der Waals surface area contributed by atoms with Gasteiger partial charge in [-0.25, -0.2) is 4.79 Å². The van der Waals surface area contributed by atoms with Gasteiger partial charge in [0.2, 0.25) is 5.91 Å². The fraction of sp³-hybridized carbons (Fsp3) is 0.286. The van der Waals surface area contributed by atoms with Gasteiger partial charge in [0, 0.05) is 24.9 Å². The van der Waals surface area contributed by atoms with Crippen LogP contribution in [-0.4, -0.2) is 28.8 Å². The minimum Gasteiger partial charge on any atom is -0.326 e. The summed E-state index contributed by atoms with van der Waals surface area (Å²) < 4.78 is 0. The van der Waals surface area contributed by atoms with E-state index in [-0.39, 0.29) is 24.3 Å². The molecule has 0 saturated carbocycles. The molecule has 3 rings (SSSR count). The van der Waals surface area contributed by atoms with Gasteiger partial charge >= 0.3 is 5.97 Å². The Balaban J connectivity index is 1.78. The first kappa shape index (κ1) is 13.3. The Kier molecular flexibility index (Phi) is 3.17. The smallest absolute Gasteiger partial charge is 0.326 e. The maximum absolute atomic E-state index is 12.0. The lowest BCUT2D eigenvalue weighted by molar-refractivity contribution is -0.172. The summed E-state index contributed by atoms with van der Waals surface area (Å²) in [6.07, 6.45) is 1.00. The molecule has 0 unspecified atom stereocenters. The SMILES string of the molecule is O=C1CCc2cc(C(=O)ON3C(=O)CCC3=O)ccc2N1. The third-order valence-corrected chi connectivity index (χ3v) is 3.42. The normalized spacial score (nSPS) is 17.5. The standard InChI is InChI=1S/C14H12N2O5/c17-11-4-2-8-7-9(1-3-10(8)15-11)14(20)21-16-12(18)5-6-13(16)19/h1,3,7H,2,4-6H2,(H,15,17). The van der Waals surface area contributed by atoms with Crippen molar-refractivity contribution in [3.05, 3.63) is 29.3 Å². The molecule has 0 radical (unpaired) electrons. The van der Waals surface area contributed by atoms with Crippen LogP contribution in [0.25, 0.3) is 0 Å². The lowest BCUT2D eigenvalue weighted by Gasteiger charge is -2.18. The van der Waals surface area contributed by atoms with Crippen molar-refractivity contribution in [3.63, 3.8) is 0 Å². The summed E-state index contributed by atoms with van der Waals surface area (Å²) in [6, 6.07) is 4.69. The highest BCUT2D eigenvalue weighted by Gasteiger charge is 2.33. The number of carbonyl (C=O) groups excluding carboxylic acids is 4. The summed E-state index contributed by atoms with van der Waals surface area (Å²) in [4.78, 5) is 50.9. The molecular weight excluding hydrogens is 276 g/mol. The number of rotatable bonds is 2. The number of nitrogens with zero attached hydrogens (tertiary/aromatic N) is 1. The molecule has 0 atom stereocenters. The average molecular weight is 288 g/mol. The van der Waals surface area contributed by atoms with E-state index in [0.717, 1.165) is 5.56 Å². The van der Waals surface area contributed by atoms with Gasteiger partial charge in [-0.1, -0.05) is 0 Å². The molecule has 2 aliphatic heterocycles. The lowest BCUT2D eigenvalue weighted by Crippen LogP contribution is -2.32. The molecular formula is C14H12N2O5. The van der Waals surface area contributed by atoms with E-state index in [0.29, 0.717) is 23.6 Å². The van der Waals surface area contributed by atoms with Crippen LogP contribution in [-0.2, 0) is 25.6 Å². The Morgan fingerprint density at radius 1 is 1.05 bits per heavy atom. The Bertz CT molecular complexity index is 651. The zero-order valence-electron chi connectivity index (χ0n) is 11.0. The molecule has 2 aliphatic rings. The molecule has 1 saturated heterocycles. The summed E-state index contributed by atoms with van der Waals surface area (Å²) in [5.41, 5.74) is 1.72. The summed E-state index contributed by atoms with van der Waals surface area (Å²) in [7, 11) is 0. The van der Waals surface area contributed by atoms with Gasteiger partial charge in [0.05, 0.1) is 5.56 Å². The third kappa shape index (κ3) is 2.49. The maximum Gasteiger partial charge on any atom is 0.363 e. The minimum atomic E-state index is -0.765. The number of nitrogens with one attached hydrogen (secondary N) is 1. The number of fused-ring (bicyclic) bond motifs is 1. The van der Waals surface area contributed by atoms with Gasteiger partial charge in [-0.2, -0.15) is 0 Å². The Hall–Kier alpha value is -2.70. The van der Waals surface area contributed by atoms with E-state index >= 15 is 0 Å². The van der Waals surface area contributed by atoms with Gasteiger partial charge in [-0.05, 0) is 30.2 Å². The lowest BCUT2D eigenvalue weighted by atomic mass is 10.0. The molecule has 0 spiro atoms. The maximum atomic E-state index is 12.0. The second-order valence-electron chi connectivity index (χ2n) is 4.88. The highest BCUT2D eigenvalue weighted by molar-refractivity contribution is 6.03. The molecule has 1 aromatic rings. The second-order valence-corrected chi connectivity index (χ2v) is 4.88. The molecule has 7 nitrogen and oxygen atoms in total. The van der Waals surface area contributed by atoms with Crippen molar-refractivity contribution in [2.75, 3.05) is 5.32 Å². The first-order valence-corrected chi connectivity index (χ1v) is 6.55. The molecule has 0 bridgehead atoms. The van der Waals surface area contributed by atoms with Gasteiger partial charge in [0.25, 0.3) is 11.8 Å². The predicted molar refractivity (Wildman–Crippen MR) is 69.9 cm³/mol. The van der Waals surface area contributed by atoms with Crippen LogP contribution in [0.3, 0.4) is 0 Å². The minimum absolute atomic E-state index is 0.0579. The van der Waals surface area contributed by atoms with E-state index < -0.39 is 17.8 Å². The Labute approximate surface area is 119 Å². The average Bonchev–Trinajstić information content (AvgIpc) is 2.78. The Morgan fingerprint density at radius 2 is 1.76 bits per heavy atom. The molecule has 1 aromatic carbocycles. The first-order valence-electron chi connectivity index (χ1n) is 6.55. The molecule has 0 aromatic heterocycles. The Morgan fingerprint density at radius 3 is 2.48 bits per heavy atom. The molecule has 1 fully saturated rings. The van der Waals surface area contributed by atoms with Gasteiger partial charge in [-0.15, -0.1) is 5.06 Å². The van der Waals surface area contributed by atoms with Gasteiger partial charge in [0.15, 0.2) is 0 Å². The van der Waals surface area contributed by atoms with Crippen LogP contribution in [0.2, 0.25) is 0 Å². The number of hydrogen-bond donors (Lipinski definition) is 1. The summed E-state index contributed by atoms with van der Waals surface area (Å²) in [5, 5.41) is 3.22. The number of aryl methyl sites for hydroxylation is 1. The van der Waals surface area contributed by atoms with E-state index in [4.69, 9.17) is 4.84 Å². The van der Waals surface area contributed by atoms with Gasteiger partial charge in [0.1, 0.15) is 0 Å². The van der Waals surface area contributed by atoms with Crippen LogP contribution in [0.1, 0.15) is 35.2 Å². The molecule has 1 N–H and O–H groups in total. The first-order chi connectivity index (χ1) is 10.0. The summed E-state index contributed by atoms with van der Waals surface area (Å²) in [5.74, 6) is -1.86. The number of amides is 3. The number of benzene rings is 1. The number of hydrogen-bond acceptors (Lipinski definition) is 5. The van der Waals surface area contributed by atoms with Crippen LogP contribution in [0.5, 0.6) is 0 Å². The zero-order valence-corrected chi connectivity index (χ0v) is 11.0. The van der Waals surface area contributed by atoms with Crippen molar-refractivity contribution in [1.82, 2.24) is 5.06 Å². The summed E-state index contributed by atoms with van der Waals surface area (Å²) in [6.45, 7) is 0. The van der Waals surface area contributed by atoms with Crippen molar-refractivity contribution >= 4 is 29.4 Å². The highest BCUT2D eigenvalue weighted by Crippen LogP contribution is 2.24. The summed E-state index contributed by atoms with van der Waals surface area (Å²) >= 11 is 0. The molecule has 2 heterocycles. The zero-order chi connectivity index (χ0) is 15.0. The van der Waals surface area contributed by atoms with Crippen molar-refractivity contribution in [3.8, 4) is 0 Å². The van der Waals surface area contributed by atoms with Crippen molar-refractivity contribution in [2.45, 2.75) is 25.7 Å². The van der Waals surface area contributed by atoms with Crippen LogP contribution in [0.4, 0.5) is 5.69 Å². The number of carbonyl (C=O) groups is 4. The van der Waals surface area contributed by atoms with E-state index in [2.05, 4.69) is 5.32 Å². The van der Waals surface area contributed by atoms with Crippen LogP contribution in [0.15, 0.2) is 18.2 Å². The van der Waals surface area contributed by atoms with E-state index in [1.54, 1.807) is 12.1 Å². The molecule has 7 heteroatoms. The third-order valence-electron chi connectivity index (χ3n) is 3.42. The van der Waals surface area contributed by atoms with Crippen molar-refractivity contribution < 1.29 is 24.0 Å². The fourth-order valence-electron chi connectivity index (χ4n) is 2.30. The molecule has 21 heavy (non-hydrogen) atoms. The number of imide groups is 1. The number of anilines is 1. The monoisotopic (exact) mass is 288 g/mol. The molecule has 108 valence electrons. The predicted octanol–water partition coefficient (Wildman–Crippen LogP) is 0.792. The van der Waals surface area contributed by atoms with E-state index in [9.17, 15) is 19.2 Å². The second kappa shape index (κ2) is 5.01. The van der Waals surface area contributed by atoms with Crippen LogP contribution >= 0.6 is 0 Å². The largest absolute Gasteiger partial charge is 0.363 e. The topological polar surface area (TPSA) is 92.8 Å². The van der Waals surface area contributed by atoms with Crippen LogP contribution < -0.4 is 5.32 Å². The van der Waals surface area contributed by atoms with Crippen molar-refractivity contribution in [2.24, 2.45) is 0 Å². The van der Waals surface area contributed by atoms with Gasteiger partial charge < -0.3 is 10.2 Å². The molecule has 0 aliphatic carbocycles. The fourth-order valence-corrected chi connectivity index (χ4v) is 2.30.